The van der Waals surface area contributed by atoms with Gasteiger partial charge in [0.15, 0.2) is 0 Å². The molecule has 3 heteroatoms. The molecule has 94 valence electrons. The molecule has 0 radical (unpaired) electrons. The van der Waals surface area contributed by atoms with Gasteiger partial charge in [-0.15, -0.1) is 0 Å². The van der Waals surface area contributed by atoms with E-state index in [9.17, 15) is 0 Å². The fourth-order valence-electron chi connectivity index (χ4n) is 2.50. The highest BCUT2D eigenvalue weighted by atomic mass is 79.9. The Hall–Kier alpha value is -1.06. The van der Waals surface area contributed by atoms with E-state index in [2.05, 4.69) is 45.5 Å². The molecule has 0 spiro atoms. The van der Waals surface area contributed by atoms with Crippen molar-refractivity contribution in [1.82, 2.24) is 5.32 Å². The van der Waals surface area contributed by atoms with E-state index in [1.54, 1.807) is 12.5 Å². The quantitative estimate of drug-likeness (QED) is 0.921. The lowest BCUT2D eigenvalue weighted by molar-refractivity contribution is 0.288. The van der Waals surface area contributed by atoms with Gasteiger partial charge in [0.25, 0.3) is 0 Å². The highest BCUT2D eigenvalue weighted by Gasteiger charge is 2.30. The number of furan rings is 1. The fourth-order valence-corrected chi connectivity index (χ4v) is 3.11. The van der Waals surface area contributed by atoms with Crippen molar-refractivity contribution in [3.63, 3.8) is 0 Å². The van der Waals surface area contributed by atoms with Gasteiger partial charge in [-0.2, -0.15) is 0 Å². The maximum absolute atomic E-state index is 5.06. The first-order chi connectivity index (χ1) is 8.83. The van der Waals surface area contributed by atoms with Crippen molar-refractivity contribution in [2.24, 2.45) is 0 Å². The van der Waals surface area contributed by atoms with Crippen molar-refractivity contribution >= 4 is 15.9 Å². The Morgan fingerprint density at radius 1 is 1.22 bits per heavy atom. The van der Waals surface area contributed by atoms with E-state index in [1.807, 2.05) is 6.07 Å². The van der Waals surface area contributed by atoms with E-state index >= 15 is 0 Å². The molecule has 1 saturated carbocycles. The molecule has 0 aliphatic heterocycles. The number of rotatable bonds is 4. The monoisotopic (exact) mass is 305 g/mol. The third-order valence-electron chi connectivity index (χ3n) is 3.66. The molecule has 18 heavy (non-hydrogen) atoms. The van der Waals surface area contributed by atoms with E-state index in [-0.39, 0.29) is 0 Å². The van der Waals surface area contributed by atoms with Gasteiger partial charge in [0.05, 0.1) is 12.5 Å². The zero-order valence-corrected chi connectivity index (χ0v) is 11.7. The van der Waals surface area contributed by atoms with E-state index in [0.717, 1.165) is 6.54 Å². The largest absolute Gasteiger partial charge is 0.472 e. The van der Waals surface area contributed by atoms with Gasteiger partial charge in [0, 0.05) is 22.6 Å². The van der Waals surface area contributed by atoms with Crippen LogP contribution in [-0.2, 0) is 6.54 Å². The maximum Gasteiger partial charge on any atom is 0.0947 e. The summed E-state index contributed by atoms with van der Waals surface area (Å²) in [5.74, 6) is 0.697. The minimum atomic E-state index is 0.636. The topological polar surface area (TPSA) is 25.2 Å². The number of halogens is 1. The van der Waals surface area contributed by atoms with E-state index in [4.69, 9.17) is 4.42 Å². The van der Waals surface area contributed by atoms with Crippen LogP contribution in [0.15, 0.2) is 51.7 Å². The zero-order valence-electron chi connectivity index (χ0n) is 10.1. The van der Waals surface area contributed by atoms with Crippen LogP contribution < -0.4 is 5.32 Å². The zero-order chi connectivity index (χ0) is 12.4. The molecule has 0 saturated heterocycles. The van der Waals surface area contributed by atoms with Crippen LogP contribution in [0.2, 0.25) is 0 Å². The molecule has 1 aromatic heterocycles. The van der Waals surface area contributed by atoms with Gasteiger partial charge in [-0.1, -0.05) is 34.1 Å². The summed E-state index contributed by atoms with van der Waals surface area (Å²) < 4.78 is 6.30. The van der Waals surface area contributed by atoms with Crippen LogP contribution in [-0.4, -0.2) is 6.04 Å². The first-order valence-electron chi connectivity index (χ1n) is 6.32. The van der Waals surface area contributed by atoms with Crippen LogP contribution in [0.25, 0.3) is 0 Å². The standard InChI is InChI=1S/C15H16BrNO/c16-15-4-2-1-3-14(15)12-7-13(8-12)17-9-11-5-6-18-10-11/h1-6,10,12-13,17H,7-9H2. The summed E-state index contributed by atoms with van der Waals surface area (Å²) >= 11 is 3.63. The van der Waals surface area contributed by atoms with Gasteiger partial charge in [0.2, 0.25) is 0 Å². The van der Waals surface area contributed by atoms with Crippen molar-refractivity contribution in [2.45, 2.75) is 31.3 Å². The molecule has 1 fully saturated rings. The molecule has 1 N–H and O–H groups in total. The lowest BCUT2D eigenvalue weighted by Crippen LogP contribution is -2.39. The van der Waals surface area contributed by atoms with Crippen molar-refractivity contribution in [1.29, 1.82) is 0 Å². The minimum Gasteiger partial charge on any atom is -0.472 e. The lowest BCUT2D eigenvalue weighted by atomic mass is 9.76. The number of hydrogen-bond acceptors (Lipinski definition) is 2. The average Bonchev–Trinajstić information content (AvgIpc) is 2.82. The molecule has 0 unspecified atom stereocenters. The first-order valence-corrected chi connectivity index (χ1v) is 7.11. The second-order valence-corrected chi connectivity index (χ2v) is 5.75. The van der Waals surface area contributed by atoms with E-state index in [0.29, 0.717) is 12.0 Å². The summed E-state index contributed by atoms with van der Waals surface area (Å²) in [6.45, 7) is 0.907. The normalized spacial score (nSPS) is 22.7. The molecule has 1 heterocycles. The molecular formula is C15H16BrNO. The predicted octanol–water partition coefficient (Wildman–Crippen LogP) is 4.08. The molecule has 1 aromatic carbocycles. The Morgan fingerprint density at radius 3 is 2.78 bits per heavy atom. The Kier molecular flexibility index (Phi) is 3.52. The summed E-state index contributed by atoms with van der Waals surface area (Å²) in [5.41, 5.74) is 2.67. The minimum absolute atomic E-state index is 0.636. The highest BCUT2D eigenvalue weighted by Crippen LogP contribution is 2.40. The van der Waals surface area contributed by atoms with Crippen LogP contribution in [0.3, 0.4) is 0 Å². The molecule has 2 nitrogen and oxygen atoms in total. The van der Waals surface area contributed by atoms with Gasteiger partial charge in [-0.25, -0.2) is 0 Å². The number of benzene rings is 1. The van der Waals surface area contributed by atoms with Gasteiger partial charge in [-0.3, -0.25) is 0 Å². The van der Waals surface area contributed by atoms with Crippen molar-refractivity contribution in [2.75, 3.05) is 0 Å². The average molecular weight is 306 g/mol. The Bertz CT molecular complexity index is 503. The molecule has 2 aromatic rings. The van der Waals surface area contributed by atoms with Crippen molar-refractivity contribution in [3.8, 4) is 0 Å². The van der Waals surface area contributed by atoms with Gasteiger partial charge in [-0.05, 0) is 36.5 Å². The Morgan fingerprint density at radius 2 is 2.06 bits per heavy atom. The second-order valence-electron chi connectivity index (χ2n) is 4.90. The highest BCUT2D eigenvalue weighted by molar-refractivity contribution is 9.10. The molecular weight excluding hydrogens is 290 g/mol. The number of nitrogens with one attached hydrogen (secondary N) is 1. The summed E-state index contributed by atoms with van der Waals surface area (Å²) in [6, 6.07) is 11.2. The summed E-state index contributed by atoms with van der Waals surface area (Å²) in [4.78, 5) is 0. The van der Waals surface area contributed by atoms with Crippen LogP contribution in [0, 0.1) is 0 Å². The van der Waals surface area contributed by atoms with Crippen LogP contribution in [0.1, 0.15) is 29.9 Å². The third-order valence-corrected chi connectivity index (χ3v) is 4.38. The summed E-state index contributed by atoms with van der Waals surface area (Å²) in [6.07, 6.45) is 5.97. The Labute approximate surface area is 116 Å². The molecule has 0 amide bonds. The third kappa shape index (κ3) is 2.52. The Balaban J connectivity index is 1.50. The van der Waals surface area contributed by atoms with Crippen molar-refractivity contribution in [3.05, 3.63) is 58.5 Å². The van der Waals surface area contributed by atoms with Crippen LogP contribution in [0.4, 0.5) is 0 Å². The van der Waals surface area contributed by atoms with Crippen LogP contribution >= 0.6 is 15.9 Å². The maximum atomic E-state index is 5.06. The van der Waals surface area contributed by atoms with Gasteiger partial charge < -0.3 is 9.73 Å². The van der Waals surface area contributed by atoms with Gasteiger partial charge >= 0.3 is 0 Å². The molecule has 0 atom stereocenters. The smallest absolute Gasteiger partial charge is 0.0947 e. The summed E-state index contributed by atoms with van der Waals surface area (Å²) in [7, 11) is 0. The molecule has 0 bridgehead atoms. The van der Waals surface area contributed by atoms with Gasteiger partial charge in [0.1, 0.15) is 0 Å². The van der Waals surface area contributed by atoms with E-state index < -0.39 is 0 Å². The van der Waals surface area contributed by atoms with Crippen LogP contribution in [0.5, 0.6) is 0 Å². The molecule has 1 aliphatic rings. The molecule has 1 aliphatic carbocycles. The SMILES string of the molecule is Brc1ccccc1C1CC(NCc2ccoc2)C1. The fraction of sp³-hybridized carbons (Fsp3) is 0.333. The van der Waals surface area contributed by atoms with Crippen molar-refractivity contribution < 1.29 is 4.42 Å². The van der Waals surface area contributed by atoms with E-state index in [1.165, 1.54) is 28.4 Å². The lowest BCUT2D eigenvalue weighted by Gasteiger charge is -2.36. The number of hydrogen-bond donors (Lipinski definition) is 1. The summed E-state index contributed by atoms with van der Waals surface area (Å²) in [5, 5.41) is 3.57. The predicted molar refractivity (Wildman–Crippen MR) is 75.5 cm³/mol. The first kappa shape index (κ1) is 12.0. The second kappa shape index (κ2) is 5.29. The molecule has 3 rings (SSSR count).